The fourth-order valence-corrected chi connectivity index (χ4v) is 2.00. The molecule has 1 aliphatic rings. The van der Waals surface area contributed by atoms with E-state index in [2.05, 4.69) is 5.10 Å². The molecule has 1 amide bonds. The van der Waals surface area contributed by atoms with E-state index in [1.54, 1.807) is 25.1 Å². The Labute approximate surface area is 106 Å². The second-order valence-electron chi connectivity index (χ2n) is 4.48. The third-order valence-electron chi connectivity index (χ3n) is 2.99. The van der Waals surface area contributed by atoms with Gasteiger partial charge in [-0.25, -0.2) is 4.79 Å². The summed E-state index contributed by atoms with van der Waals surface area (Å²) in [7, 11) is 1.72. The number of hydrogen-bond donors (Lipinski definition) is 0. The van der Waals surface area contributed by atoms with E-state index in [9.17, 15) is 9.59 Å². The maximum Gasteiger partial charge on any atom is 0.342 e. The van der Waals surface area contributed by atoms with Gasteiger partial charge in [0.2, 0.25) is 0 Å². The lowest BCUT2D eigenvalue weighted by Gasteiger charge is -2.20. The van der Waals surface area contributed by atoms with Crippen LogP contribution in [-0.4, -0.2) is 45.8 Å². The van der Waals surface area contributed by atoms with Crippen molar-refractivity contribution in [1.29, 1.82) is 0 Å². The minimum absolute atomic E-state index is 0.121. The van der Waals surface area contributed by atoms with Crippen LogP contribution in [0.15, 0.2) is 12.4 Å². The zero-order chi connectivity index (χ0) is 13.1. The van der Waals surface area contributed by atoms with Crippen molar-refractivity contribution in [2.24, 2.45) is 7.05 Å². The highest BCUT2D eigenvalue weighted by atomic mass is 16.5. The van der Waals surface area contributed by atoms with Gasteiger partial charge in [0, 0.05) is 26.3 Å². The van der Waals surface area contributed by atoms with Gasteiger partial charge in [-0.2, -0.15) is 5.10 Å². The molecule has 6 nitrogen and oxygen atoms in total. The van der Waals surface area contributed by atoms with Crippen molar-refractivity contribution >= 4 is 11.9 Å². The molecular formula is C12H17N3O3. The number of hydrogen-bond acceptors (Lipinski definition) is 4. The molecule has 18 heavy (non-hydrogen) atoms. The molecule has 0 radical (unpaired) electrons. The maximum absolute atomic E-state index is 11.9. The van der Waals surface area contributed by atoms with E-state index in [4.69, 9.17) is 4.74 Å². The first-order valence-corrected chi connectivity index (χ1v) is 6.06. The van der Waals surface area contributed by atoms with Crippen LogP contribution in [0.3, 0.4) is 0 Å². The Morgan fingerprint density at radius 2 is 2.06 bits per heavy atom. The first-order chi connectivity index (χ1) is 8.58. The van der Waals surface area contributed by atoms with E-state index in [1.807, 2.05) is 0 Å². The van der Waals surface area contributed by atoms with Crippen LogP contribution in [0.2, 0.25) is 0 Å². The lowest BCUT2D eigenvalue weighted by Crippen LogP contribution is -2.38. The number of carbonyl (C=O) groups is 2. The fraction of sp³-hybridized carbons (Fsp3) is 0.583. The Balaban J connectivity index is 1.92. The molecule has 0 bridgehead atoms. The van der Waals surface area contributed by atoms with E-state index in [1.165, 1.54) is 10.9 Å². The maximum atomic E-state index is 11.9. The molecule has 1 unspecified atom stereocenters. The number of likely N-dealkylation sites (tertiary alicyclic amines) is 1. The van der Waals surface area contributed by atoms with Crippen LogP contribution in [0.4, 0.5) is 0 Å². The van der Waals surface area contributed by atoms with E-state index in [-0.39, 0.29) is 5.91 Å². The number of aromatic nitrogens is 2. The van der Waals surface area contributed by atoms with Crippen LogP contribution in [0.1, 0.15) is 30.1 Å². The summed E-state index contributed by atoms with van der Waals surface area (Å²) in [4.78, 5) is 25.4. The van der Waals surface area contributed by atoms with Gasteiger partial charge in [-0.3, -0.25) is 9.48 Å². The monoisotopic (exact) mass is 251 g/mol. The van der Waals surface area contributed by atoms with Crippen molar-refractivity contribution < 1.29 is 14.3 Å². The van der Waals surface area contributed by atoms with Crippen LogP contribution in [0.25, 0.3) is 0 Å². The lowest BCUT2D eigenvalue weighted by molar-refractivity contribution is -0.138. The number of amides is 1. The summed E-state index contributed by atoms with van der Waals surface area (Å²) in [6, 6.07) is 0. The standard InChI is InChI=1S/C12H17N3O3/c1-9(11(16)15-5-3-4-6-15)18-12(17)10-7-13-14(2)8-10/h7-9H,3-6H2,1-2H3. The van der Waals surface area contributed by atoms with Crippen LogP contribution < -0.4 is 0 Å². The third kappa shape index (κ3) is 2.69. The van der Waals surface area contributed by atoms with Crippen molar-refractivity contribution in [2.75, 3.05) is 13.1 Å². The van der Waals surface area contributed by atoms with Gasteiger partial charge in [-0.1, -0.05) is 0 Å². The molecule has 0 spiro atoms. The molecule has 6 heteroatoms. The molecule has 0 aliphatic carbocycles. The number of aryl methyl sites for hydroxylation is 1. The molecule has 0 aromatic carbocycles. The van der Waals surface area contributed by atoms with Gasteiger partial charge < -0.3 is 9.64 Å². The quantitative estimate of drug-likeness (QED) is 0.737. The molecule has 2 heterocycles. The summed E-state index contributed by atoms with van der Waals surface area (Å²) in [6.45, 7) is 3.12. The number of carbonyl (C=O) groups excluding carboxylic acids is 2. The van der Waals surface area contributed by atoms with Crippen LogP contribution in [0, 0.1) is 0 Å². The first kappa shape index (κ1) is 12.6. The van der Waals surface area contributed by atoms with Crippen molar-refractivity contribution in [2.45, 2.75) is 25.9 Å². The van der Waals surface area contributed by atoms with Crippen molar-refractivity contribution in [3.05, 3.63) is 18.0 Å². The Hall–Kier alpha value is -1.85. The van der Waals surface area contributed by atoms with E-state index in [0.717, 1.165) is 25.9 Å². The van der Waals surface area contributed by atoms with E-state index < -0.39 is 12.1 Å². The van der Waals surface area contributed by atoms with Crippen molar-refractivity contribution in [3.63, 3.8) is 0 Å². The summed E-state index contributed by atoms with van der Waals surface area (Å²) in [5.41, 5.74) is 0.360. The van der Waals surface area contributed by atoms with E-state index >= 15 is 0 Å². The molecule has 1 aliphatic heterocycles. The van der Waals surface area contributed by atoms with Crippen LogP contribution in [-0.2, 0) is 16.6 Å². The average Bonchev–Trinajstić information content (AvgIpc) is 2.98. The molecule has 2 rings (SSSR count). The minimum atomic E-state index is -0.740. The smallest absolute Gasteiger partial charge is 0.342 e. The molecule has 98 valence electrons. The Bertz CT molecular complexity index is 449. The average molecular weight is 251 g/mol. The second-order valence-corrected chi connectivity index (χ2v) is 4.48. The van der Waals surface area contributed by atoms with Gasteiger partial charge in [0.05, 0.1) is 11.8 Å². The van der Waals surface area contributed by atoms with Gasteiger partial charge >= 0.3 is 5.97 Å². The number of ether oxygens (including phenoxy) is 1. The molecule has 1 atom stereocenters. The molecule has 1 fully saturated rings. The van der Waals surface area contributed by atoms with Crippen LogP contribution in [0.5, 0.6) is 0 Å². The Morgan fingerprint density at radius 3 is 2.61 bits per heavy atom. The zero-order valence-corrected chi connectivity index (χ0v) is 10.6. The molecule has 1 saturated heterocycles. The summed E-state index contributed by atoms with van der Waals surface area (Å²) in [6.07, 6.45) is 4.30. The molecule has 1 aromatic heterocycles. The van der Waals surface area contributed by atoms with Gasteiger partial charge in [0.1, 0.15) is 0 Å². The summed E-state index contributed by atoms with van der Waals surface area (Å²) < 4.78 is 6.66. The second kappa shape index (κ2) is 5.20. The topological polar surface area (TPSA) is 64.4 Å². The molecule has 1 aromatic rings. The van der Waals surface area contributed by atoms with Gasteiger partial charge in [0.15, 0.2) is 6.10 Å². The Kier molecular flexibility index (Phi) is 3.64. The predicted octanol–water partition coefficient (Wildman–Crippen LogP) is 0.588. The van der Waals surface area contributed by atoms with Crippen LogP contribution >= 0.6 is 0 Å². The van der Waals surface area contributed by atoms with Crippen molar-refractivity contribution in [1.82, 2.24) is 14.7 Å². The number of esters is 1. The normalized spacial score (nSPS) is 16.7. The number of rotatable bonds is 3. The van der Waals surface area contributed by atoms with Crippen molar-refractivity contribution in [3.8, 4) is 0 Å². The largest absolute Gasteiger partial charge is 0.449 e. The van der Waals surface area contributed by atoms with Gasteiger partial charge in [0.25, 0.3) is 5.91 Å². The molecular weight excluding hydrogens is 234 g/mol. The predicted molar refractivity (Wildman–Crippen MR) is 63.9 cm³/mol. The molecule has 0 saturated carbocycles. The van der Waals surface area contributed by atoms with E-state index in [0.29, 0.717) is 5.56 Å². The lowest BCUT2D eigenvalue weighted by atomic mass is 10.3. The highest BCUT2D eigenvalue weighted by Gasteiger charge is 2.26. The fourth-order valence-electron chi connectivity index (χ4n) is 2.00. The van der Waals surface area contributed by atoms with Gasteiger partial charge in [-0.05, 0) is 19.8 Å². The summed E-state index contributed by atoms with van der Waals surface area (Å²) >= 11 is 0. The van der Waals surface area contributed by atoms with Gasteiger partial charge in [-0.15, -0.1) is 0 Å². The highest BCUT2D eigenvalue weighted by molar-refractivity contribution is 5.91. The zero-order valence-electron chi connectivity index (χ0n) is 10.6. The Morgan fingerprint density at radius 1 is 1.39 bits per heavy atom. The first-order valence-electron chi connectivity index (χ1n) is 6.06. The molecule has 0 N–H and O–H groups in total. The third-order valence-corrected chi connectivity index (χ3v) is 2.99. The highest BCUT2D eigenvalue weighted by Crippen LogP contribution is 2.11. The minimum Gasteiger partial charge on any atom is -0.449 e. The SMILES string of the molecule is CC(OC(=O)c1cnn(C)c1)C(=O)N1CCCC1. The summed E-state index contributed by atoms with van der Waals surface area (Å²) in [5.74, 6) is -0.632. The summed E-state index contributed by atoms with van der Waals surface area (Å²) in [5, 5.41) is 3.89. The number of nitrogens with zero attached hydrogens (tertiary/aromatic N) is 3.